The van der Waals surface area contributed by atoms with Crippen molar-refractivity contribution in [3.05, 3.63) is 0 Å². The van der Waals surface area contributed by atoms with Crippen LogP contribution in [0.5, 0.6) is 0 Å². The molecule has 0 aliphatic carbocycles. The molecule has 10 heavy (non-hydrogen) atoms. The molecule has 0 N–H and O–H groups in total. The van der Waals surface area contributed by atoms with Crippen molar-refractivity contribution >= 4 is 0 Å². The molecule has 2 nitrogen and oxygen atoms in total. The first-order valence-electron chi connectivity index (χ1n) is 3.43. The van der Waals surface area contributed by atoms with Gasteiger partial charge in [0, 0.05) is 13.0 Å². The average Bonchev–Trinajstić information content (AvgIpc) is 1.95. The highest BCUT2D eigenvalue weighted by Crippen LogP contribution is 2.17. The second-order valence-electron chi connectivity index (χ2n) is 2.49. The largest absolute Gasteiger partial charge is 0.372 e. The quantitative estimate of drug-likeness (QED) is 0.498. The molecule has 0 aromatic rings. The molecule has 0 amide bonds. The van der Waals surface area contributed by atoms with Crippen molar-refractivity contribution in [3.8, 4) is 11.8 Å². The smallest absolute Gasteiger partial charge is 0.123 e. The first-order valence-corrected chi connectivity index (χ1v) is 3.43. The first-order chi connectivity index (χ1) is 4.84. The second-order valence-corrected chi connectivity index (χ2v) is 2.49. The molecule has 56 valence electrons. The van der Waals surface area contributed by atoms with E-state index >= 15 is 0 Å². The van der Waals surface area contributed by atoms with Gasteiger partial charge in [-0.25, -0.2) is 0 Å². The van der Waals surface area contributed by atoms with Gasteiger partial charge in [-0.3, -0.25) is 0 Å². The molecule has 2 unspecified atom stereocenters. The fourth-order valence-corrected chi connectivity index (χ4v) is 0.783. The van der Waals surface area contributed by atoms with Gasteiger partial charge in [0.25, 0.3) is 0 Å². The van der Waals surface area contributed by atoms with Crippen LogP contribution in [0, 0.1) is 17.8 Å². The summed E-state index contributed by atoms with van der Waals surface area (Å²) in [6.45, 7) is 3.49. The molecule has 0 radical (unpaired) electrons. The van der Waals surface area contributed by atoms with Gasteiger partial charge in [0.05, 0.1) is 6.61 Å². The summed E-state index contributed by atoms with van der Waals surface area (Å²) in [7, 11) is 1.64. The van der Waals surface area contributed by atoms with Crippen molar-refractivity contribution in [2.45, 2.75) is 13.0 Å². The van der Waals surface area contributed by atoms with Crippen LogP contribution in [0.1, 0.15) is 6.92 Å². The summed E-state index contributed by atoms with van der Waals surface area (Å²) < 4.78 is 9.93. The van der Waals surface area contributed by atoms with E-state index in [2.05, 4.69) is 18.8 Å². The molecule has 1 rings (SSSR count). The Morgan fingerprint density at radius 1 is 1.70 bits per heavy atom. The first kappa shape index (κ1) is 7.59. The van der Waals surface area contributed by atoms with Gasteiger partial charge in [0.1, 0.15) is 12.7 Å². The highest BCUT2D eigenvalue weighted by Gasteiger charge is 2.25. The van der Waals surface area contributed by atoms with Crippen LogP contribution in [-0.2, 0) is 9.47 Å². The SMILES string of the molecule is COCC#CC1OCC1C. The summed E-state index contributed by atoms with van der Waals surface area (Å²) in [5, 5.41) is 0. The number of methoxy groups -OCH3 is 1. The van der Waals surface area contributed by atoms with Crippen molar-refractivity contribution in [1.82, 2.24) is 0 Å². The Hall–Kier alpha value is -0.520. The molecule has 2 atom stereocenters. The lowest BCUT2D eigenvalue weighted by Crippen LogP contribution is -2.36. The normalized spacial score (nSPS) is 30.2. The number of hydrogen-bond acceptors (Lipinski definition) is 2. The Bertz CT molecular complexity index is 154. The third kappa shape index (κ3) is 1.73. The molecule has 1 fully saturated rings. The van der Waals surface area contributed by atoms with Crippen LogP contribution in [0.4, 0.5) is 0 Å². The molecule has 0 aromatic heterocycles. The maximum atomic E-state index is 5.16. The van der Waals surface area contributed by atoms with Crippen LogP contribution in [0.3, 0.4) is 0 Å². The van der Waals surface area contributed by atoms with E-state index in [1.807, 2.05) is 0 Å². The highest BCUT2D eigenvalue weighted by molar-refractivity contribution is 5.09. The van der Waals surface area contributed by atoms with Crippen LogP contribution in [0.25, 0.3) is 0 Å². The predicted octanol–water partition coefficient (Wildman–Crippen LogP) is 0.671. The Labute approximate surface area is 61.5 Å². The van der Waals surface area contributed by atoms with Gasteiger partial charge < -0.3 is 9.47 Å². The minimum Gasteiger partial charge on any atom is -0.372 e. The topological polar surface area (TPSA) is 18.5 Å². The Balaban J connectivity index is 2.19. The summed E-state index contributed by atoms with van der Waals surface area (Å²) in [6, 6.07) is 0. The average molecular weight is 140 g/mol. The summed E-state index contributed by atoms with van der Waals surface area (Å²) in [4.78, 5) is 0. The molecule has 1 heterocycles. The van der Waals surface area contributed by atoms with Crippen LogP contribution >= 0.6 is 0 Å². The minimum atomic E-state index is 0.162. The Morgan fingerprint density at radius 2 is 2.50 bits per heavy atom. The molecular weight excluding hydrogens is 128 g/mol. The van der Waals surface area contributed by atoms with Crippen molar-refractivity contribution in [1.29, 1.82) is 0 Å². The van der Waals surface area contributed by atoms with Gasteiger partial charge in [-0.05, 0) is 0 Å². The zero-order valence-corrected chi connectivity index (χ0v) is 6.39. The summed E-state index contributed by atoms with van der Waals surface area (Å²) >= 11 is 0. The third-order valence-corrected chi connectivity index (χ3v) is 1.52. The van der Waals surface area contributed by atoms with Crippen molar-refractivity contribution in [3.63, 3.8) is 0 Å². The van der Waals surface area contributed by atoms with E-state index in [0.29, 0.717) is 12.5 Å². The van der Waals surface area contributed by atoms with Gasteiger partial charge in [0.2, 0.25) is 0 Å². The van der Waals surface area contributed by atoms with E-state index in [0.717, 1.165) is 6.61 Å². The van der Waals surface area contributed by atoms with E-state index in [9.17, 15) is 0 Å². The maximum Gasteiger partial charge on any atom is 0.123 e. The minimum absolute atomic E-state index is 0.162. The van der Waals surface area contributed by atoms with Crippen molar-refractivity contribution < 1.29 is 9.47 Å². The van der Waals surface area contributed by atoms with E-state index < -0.39 is 0 Å². The van der Waals surface area contributed by atoms with Gasteiger partial charge in [-0.2, -0.15) is 0 Å². The molecule has 1 aliphatic heterocycles. The standard InChI is InChI=1S/C8H12O2/c1-7-6-10-8(7)4-3-5-9-2/h7-8H,5-6H2,1-2H3. The van der Waals surface area contributed by atoms with Crippen LogP contribution in [-0.4, -0.2) is 26.4 Å². The molecule has 0 saturated carbocycles. The van der Waals surface area contributed by atoms with Crippen LogP contribution in [0.15, 0.2) is 0 Å². The summed E-state index contributed by atoms with van der Waals surface area (Å²) in [6.07, 6.45) is 0.162. The van der Waals surface area contributed by atoms with Crippen LogP contribution in [0.2, 0.25) is 0 Å². The molecule has 0 aromatic carbocycles. The summed E-state index contributed by atoms with van der Waals surface area (Å²) in [5.74, 6) is 6.44. The second kappa shape index (κ2) is 3.60. The number of rotatable bonds is 1. The molecule has 0 bridgehead atoms. The maximum absolute atomic E-state index is 5.16. The lowest BCUT2D eigenvalue weighted by Gasteiger charge is -2.29. The fourth-order valence-electron chi connectivity index (χ4n) is 0.783. The summed E-state index contributed by atoms with van der Waals surface area (Å²) in [5.41, 5.74) is 0. The Kier molecular flexibility index (Phi) is 2.73. The molecule has 1 aliphatic rings. The van der Waals surface area contributed by atoms with Gasteiger partial charge >= 0.3 is 0 Å². The predicted molar refractivity (Wildman–Crippen MR) is 38.6 cm³/mol. The zero-order chi connectivity index (χ0) is 7.40. The lowest BCUT2D eigenvalue weighted by molar-refractivity contribution is -0.0698. The van der Waals surface area contributed by atoms with Crippen molar-refractivity contribution in [2.75, 3.05) is 20.3 Å². The van der Waals surface area contributed by atoms with E-state index in [-0.39, 0.29) is 6.10 Å². The highest BCUT2D eigenvalue weighted by atomic mass is 16.5. The molecule has 1 saturated heterocycles. The number of hydrogen-bond donors (Lipinski definition) is 0. The van der Waals surface area contributed by atoms with Crippen molar-refractivity contribution in [2.24, 2.45) is 5.92 Å². The number of ether oxygens (including phenoxy) is 2. The molecule has 0 spiro atoms. The third-order valence-electron chi connectivity index (χ3n) is 1.52. The van der Waals surface area contributed by atoms with Gasteiger partial charge in [0.15, 0.2) is 0 Å². The lowest BCUT2D eigenvalue weighted by atomic mass is 10.0. The van der Waals surface area contributed by atoms with E-state index in [1.54, 1.807) is 7.11 Å². The molecule has 2 heteroatoms. The zero-order valence-electron chi connectivity index (χ0n) is 6.39. The molecular formula is C8H12O2. The van der Waals surface area contributed by atoms with Crippen LogP contribution < -0.4 is 0 Å². The van der Waals surface area contributed by atoms with Gasteiger partial charge in [-0.1, -0.05) is 18.8 Å². The Morgan fingerprint density at radius 3 is 2.90 bits per heavy atom. The monoisotopic (exact) mass is 140 g/mol. The van der Waals surface area contributed by atoms with E-state index in [1.165, 1.54) is 0 Å². The van der Waals surface area contributed by atoms with E-state index in [4.69, 9.17) is 9.47 Å². The fraction of sp³-hybridized carbons (Fsp3) is 0.750. The van der Waals surface area contributed by atoms with Gasteiger partial charge in [-0.15, -0.1) is 0 Å².